The summed E-state index contributed by atoms with van der Waals surface area (Å²) in [4.78, 5) is 0. The van der Waals surface area contributed by atoms with Gasteiger partial charge in [0.2, 0.25) is 0 Å². The third kappa shape index (κ3) is 5.60. The summed E-state index contributed by atoms with van der Waals surface area (Å²) in [6.45, 7) is 6.10. The van der Waals surface area contributed by atoms with E-state index in [1.54, 1.807) is 0 Å². The highest BCUT2D eigenvalue weighted by Crippen LogP contribution is 2.13. The Morgan fingerprint density at radius 2 is 1.81 bits per heavy atom. The number of hydrogen-bond acceptors (Lipinski definition) is 2. The van der Waals surface area contributed by atoms with Crippen molar-refractivity contribution in [3.63, 3.8) is 0 Å². The maximum absolute atomic E-state index is 5.75. The number of rotatable bonds is 8. The summed E-state index contributed by atoms with van der Waals surface area (Å²) in [6, 6.07) is 19.2. The van der Waals surface area contributed by atoms with Crippen molar-refractivity contribution in [3.05, 3.63) is 65.7 Å². The largest absolute Gasteiger partial charge is 0.494 e. The second kappa shape index (κ2) is 8.48. The quantitative estimate of drug-likeness (QED) is 0.720. The van der Waals surface area contributed by atoms with Crippen LogP contribution in [-0.2, 0) is 0 Å². The van der Waals surface area contributed by atoms with E-state index in [1.165, 1.54) is 11.1 Å². The molecule has 1 atom stereocenters. The molecule has 21 heavy (non-hydrogen) atoms. The van der Waals surface area contributed by atoms with Crippen LogP contribution in [0.5, 0.6) is 5.75 Å². The predicted octanol–water partition coefficient (Wildman–Crippen LogP) is 4.50. The molecular weight excluding hydrogens is 258 g/mol. The van der Waals surface area contributed by atoms with Crippen molar-refractivity contribution in [1.82, 2.24) is 5.32 Å². The summed E-state index contributed by atoms with van der Waals surface area (Å²) >= 11 is 0. The third-order valence-corrected chi connectivity index (χ3v) is 3.58. The zero-order valence-corrected chi connectivity index (χ0v) is 13.0. The van der Waals surface area contributed by atoms with E-state index in [2.05, 4.69) is 61.6 Å². The van der Waals surface area contributed by atoms with Crippen LogP contribution in [0.2, 0.25) is 0 Å². The summed E-state index contributed by atoms with van der Waals surface area (Å²) in [5, 5.41) is 3.55. The SMILES string of the molecule is Cc1cccc(OCCCCNC(C)c2ccccc2)c1. The van der Waals surface area contributed by atoms with E-state index in [9.17, 15) is 0 Å². The van der Waals surface area contributed by atoms with Crippen LogP contribution in [0.25, 0.3) is 0 Å². The summed E-state index contributed by atoms with van der Waals surface area (Å²) in [5.41, 5.74) is 2.58. The number of benzene rings is 2. The molecule has 0 saturated carbocycles. The zero-order chi connectivity index (χ0) is 14.9. The molecule has 2 aromatic rings. The van der Waals surface area contributed by atoms with E-state index in [1.807, 2.05) is 12.1 Å². The first-order valence-electron chi connectivity index (χ1n) is 7.73. The molecule has 0 fully saturated rings. The first kappa shape index (κ1) is 15.6. The Hall–Kier alpha value is -1.80. The number of nitrogens with one attached hydrogen (secondary N) is 1. The Bertz CT molecular complexity index is 524. The molecule has 0 radical (unpaired) electrons. The summed E-state index contributed by atoms with van der Waals surface area (Å²) in [6.07, 6.45) is 2.20. The van der Waals surface area contributed by atoms with Crippen molar-refractivity contribution in [2.45, 2.75) is 32.7 Å². The lowest BCUT2D eigenvalue weighted by atomic mass is 10.1. The molecule has 0 aliphatic heterocycles. The number of ether oxygens (including phenoxy) is 1. The van der Waals surface area contributed by atoms with Crippen molar-refractivity contribution in [2.75, 3.05) is 13.2 Å². The molecule has 0 bridgehead atoms. The number of unbranched alkanes of at least 4 members (excludes halogenated alkanes) is 1. The van der Waals surface area contributed by atoms with Crippen LogP contribution < -0.4 is 10.1 Å². The van der Waals surface area contributed by atoms with Crippen LogP contribution in [0.15, 0.2) is 54.6 Å². The average molecular weight is 283 g/mol. The number of hydrogen-bond donors (Lipinski definition) is 1. The van der Waals surface area contributed by atoms with Crippen molar-refractivity contribution in [1.29, 1.82) is 0 Å². The monoisotopic (exact) mass is 283 g/mol. The maximum atomic E-state index is 5.75. The summed E-state index contributed by atoms with van der Waals surface area (Å²) < 4.78 is 5.75. The Labute approximate surface area is 128 Å². The molecular formula is C19H25NO. The second-order valence-electron chi connectivity index (χ2n) is 5.46. The average Bonchev–Trinajstić information content (AvgIpc) is 2.51. The van der Waals surface area contributed by atoms with Gasteiger partial charge in [-0.05, 0) is 56.5 Å². The van der Waals surface area contributed by atoms with Gasteiger partial charge in [-0.25, -0.2) is 0 Å². The first-order valence-corrected chi connectivity index (χ1v) is 7.73. The molecule has 0 heterocycles. The van der Waals surface area contributed by atoms with Crippen LogP contribution in [0, 0.1) is 6.92 Å². The third-order valence-electron chi connectivity index (χ3n) is 3.58. The lowest BCUT2D eigenvalue weighted by Gasteiger charge is -2.14. The zero-order valence-electron chi connectivity index (χ0n) is 13.0. The van der Waals surface area contributed by atoms with E-state index in [-0.39, 0.29) is 0 Å². The van der Waals surface area contributed by atoms with Crippen molar-refractivity contribution in [3.8, 4) is 5.75 Å². The van der Waals surface area contributed by atoms with Crippen LogP contribution in [-0.4, -0.2) is 13.2 Å². The minimum Gasteiger partial charge on any atom is -0.494 e. The summed E-state index contributed by atoms with van der Waals surface area (Å²) in [5.74, 6) is 0.973. The molecule has 0 amide bonds. The van der Waals surface area contributed by atoms with Gasteiger partial charge in [-0.2, -0.15) is 0 Å². The van der Waals surface area contributed by atoms with Gasteiger partial charge in [-0.1, -0.05) is 42.5 Å². The van der Waals surface area contributed by atoms with Gasteiger partial charge < -0.3 is 10.1 Å². The van der Waals surface area contributed by atoms with E-state index < -0.39 is 0 Å². The van der Waals surface area contributed by atoms with Crippen LogP contribution in [0.1, 0.15) is 36.9 Å². The van der Waals surface area contributed by atoms with Gasteiger partial charge in [0, 0.05) is 6.04 Å². The van der Waals surface area contributed by atoms with Crippen LogP contribution >= 0.6 is 0 Å². The van der Waals surface area contributed by atoms with Crippen LogP contribution in [0.3, 0.4) is 0 Å². The van der Waals surface area contributed by atoms with Gasteiger partial charge in [0.05, 0.1) is 6.61 Å². The van der Waals surface area contributed by atoms with Crippen molar-refractivity contribution < 1.29 is 4.74 Å². The second-order valence-corrected chi connectivity index (χ2v) is 5.46. The molecule has 2 aromatic carbocycles. The Kier molecular flexibility index (Phi) is 6.29. The number of aryl methyl sites for hydroxylation is 1. The van der Waals surface area contributed by atoms with Crippen LogP contribution in [0.4, 0.5) is 0 Å². The first-order chi connectivity index (χ1) is 10.3. The lowest BCUT2D eigenvalue weighted by Crippen LogP contribution is -2.20. The molecule has 0 saturated heterocycles. The highest BCUT2D eigenvalue weighted by Gasteiger charge is 2.02. The van der Waals surface area contributed by atoms with Gasteiger partial charge in [-0.3, -0.25) is 0 Å². The fourth-order valence-corrected chi connectivity index (χ4v) is 2.30. The highest BCUT2D eigenvalue weighted by molar-refractivity contribution is 5.27. The van der Waals surface area contributed by atoms with E-state index in [4.69, 9.17) is 4.74 Å². The molecule has 2 rings (SSSR count). The molecule has 0 aliphatic rings. The molecule has 1 unspecified atom stereocenters. The van der Waals surface area contributed by atoms with Crippen molar-refractivity contribution in [2.24, 2.45) is 0 Å². The fourth-order valence-electron chi connectivity index (χ4n) is 2.30. The molecule has 2 heteroatoms. The van der Waals surface area contributed by atoms with Gasteiger partial charge >= 0.3 is 0 Å². The molecule has 112 valence electrons. The molecule has 0 spiro atoms. The molecule has 2 nitrogen and oxygen atoms in total. The van der Waals surface area contributed by atoms with Gasteiger partial charge in [0.15, 0.2) is 0 Å². The standard InChI is InChI=1S/C19H25NO/c1-16-9-8-12-19(15-16)21-14-7-6-13-20-17(2)18-10-4-3-5-11-18/h3-5,8-12,15,17,20H,6-7,13-14H2,1-2H3. The van der Waals surface area contributed by atoms with Crippen molar-refractivity contribution >= 4 is 0 Å². The Morgan fingerprint density at radius 3 is 2.57 bits per heavy atom. The van der Waals surface area contributed by atoms with E-state index in [0.29, 0.717) is 6.04 Å². The Balaban J connectivity index is 1.58. The topological polar surface area (TPSA) is 21.3 Å². The lowest BCUT2D eigenvalue weighted by molar-refractivity contribution is 0.304. The van der Waals surface area contributed by atoms with Gasteiger partial charge in [0.1, 0.15) is 5.75 Å². The predicted molar refractivity (Wildman–Crippen MR) is 88.8 cm³/mol. The Morgan fingerprint density at radius 1 is 1.00 bits per heavy atom. The van der Waals surface area contributed by atoms with E-state index >= 15 is 0 Å². The molecule has 0 aromatic heterocycles. The van der Waals surface area contributed by atoms with Gasteiger partial charge in [0.25, 0.3) is 0 Å². The van der Waals surface area contributed by atoms with E-state index in [0.717, 1.165) is 31.7 Å². The minimum absolute atomic E-state index is 0.406. The molecule has 1 N–H and O–H groups in total. The molecule has 0 aliphatic carbocycles. The fraction of sp³-hybridized carbons (Fsp3) is 0.368. The maximum Gasteiger partial charge on any atom is 0.119 e. The smallest absolute Gasteiger partial charge is 0.119 e. The minimum atomic E-state index is 0.406. The highest BCUT2D eigenvalue weighted by atomic mass is 16.5. The normalized spacial score (nSPS) is 12.1. The van der Waals surface area contributed by atoms with Gasteiger partial charge in [-0.15, -0.1) is 0 Å². The summed E-state index contributed by atoms with van der Waals surface area (Å²) in [7, 11) is 0.